The average molecular weight is 270 g/mol. The van der Waals surface area contributed by atoms with E-state index in [1.165, 1.54) is 18.1 Å². The molecule has 0 amide bonds. The second-order valence-corrected chi connectivity index (χ2v) is 9.84. The van der Waals surface area contributed by atoms with Crippen LogP contribution < -0.4 is 0 Å². The monoisotopic (exact) mass is 270 g/mol. The third-order valence-corrected chi connectivity index (χ3v) is 8.49. The van der Waals surface area contributed by atoms with Crippen molar-refractivity contribution < 1.29 is 9.22 Å². The third-order valence-electron chi connectivity index (χ3n) is 3.72. The molecule has 0 heterocycles. The molecule has 0 N–H and O–H groups in total. The highest BCUT2D eigenvalue weighted by atomic mass is 28.4. The molecule has 0 fully saturated rings. The number of carbonyl (C=O) groups excluding carboxylic acids is 1. The molecule has 1 atom stereocenters. The molecular weight excluding hydrogens is 240 g/mol. The number of carbonyl (C=O) groups is 1. The van der Waals surface area contributed by atoms with Gasteiger partial charge in [-0.05, 0) is 57.3 Å². The van der Waals surface area contributed by atoms with Crippen molar-refractivity contribution >= 4 is 14.1 Å². The van der Waals surface area contributed by atoms with Crippen molar-refractivity contribution in [2.24, 2.45) is 0 Å². The molecular formula is C15H30O2Si. The predicted octanol–water partition coefficient (Wildman–Crippen LogP) is 4.71. The Balaban J connectivity index is 3.95. The molecule has 0 aliphatic heterocycles. The van der Waals surface area contributed by atoms with Crippen molar-refractivity contribution in [2.75, 3.05) is 0 Å². The number of allylic oxidation sites excluding steroid dienone is 2. The van der Waals surface area contributed by atoms with E-state index in [1.54, 1.807) is 13.0 Å². The Hall–Kier alpha value is -0.413. The summed E-state index contributed by atoms with van der Waals surface area (Å²) >= 11 is 0. The molecule has 0 rings (SSSR count). The highest BCUT2D eigenvalue weighted by molar-refractivity contribution is 6.73. The Labute approximate surface area is 114 Å². The van der Waals surface area contributed by atoms with Gasteiger partial charge in [-0.3, -0.25) is 4.79 Å². The lowest BCUT2D eigenvalue weighted by molar-refractivity contribution is -0.112. The van der Waals surface area contributed by atoms with Gasteiger partial charge in [0.2, 0.25) is 0 Å². The molecule has 0 aromatic rings. The molecule has 0 aliphatic carbocycles. The summed E-state index contributed by atoms with van der Waals surface area (Å²) in [6.45, 7) is 10.6. The standard InChI is InChI=1S/C15H30O2Si/c1-6-18(7-2,8-3)17-15(5)13-11-9-10-12-14(4)16/h10,12,15H,6-9,11,13H2,1-5H3/b12-10+. The van der Waals surface area contributed by atoms with Gasteiger partial charge in [0.05, 0.1) is 0 Å². The van der Waals surface area contributed by atoms with E-state index in [0.29, 0.717) is 6.10 Å². The van der Waals surface area contributed by atoms with E-state index in [-0.39, 0.29) is 5.78 Å². The van der Waals surface area contributed by atoms with Crippen LogP contribution in [-0.2, 0) is 9.22 Å². The Morgan fingerprint density at radius 3 is 2.22 bits per heavy atom. The van der Waals surface area contributed by atoms with Gasteiger partial charge in [-0.1, -0.05) is 26.8 Å². The zero-order valence-electron chi connectivity index (χ0n) is 12.8. The van der Waals surface area contributed by atoms with Crippen molar-refractivity contribution in [3.8, 4) is 0 Å². The number of ketones is 1. The lowest BCUT2D eigenvalue weighted by atomic mass is 10.1. The minimum Gasteiger partial charge on any atom is -0.414 e. The van der Waals surface area contributed by atoms with E-state index in [0.717, 1.165) is 19.3 Å². The topological polar surface area (TPSA) is 26.3 Å². The van der Waals surface area contributed by atoms with E-state index in [1.807, 2.05) is 6.08 Å². The van der Waals surface area contributed by atoms with Crippen LogP contribution in [0.15, 0.2) is 12.2 Å². The average Bonchev–Trinajstić information content (AvgIpc) is 2.35. The van der Waals surface area contributed by atoms with Crippen molar-refractivity contribution in [3.05, 3.63) is 12.2 Å². The van der Waals surface area contributed by atoms with Crippen LogP contribution in [0.25, 0.3) is 0 Å². The van der Waals surface area contributed by atoms with Gasteiger partial charge in [-0.2, -0.15) is 0 Å². The molecule has 3 heteroatoms. The lowest BCUT2D eigenvalue weighted by Gasteiger charge is -2.31. The zero-order chi connectivity index (χ0) is 14.0. The van der Waals surface area contributed by atoms with Gasteiger partial charge in [0.25, 0.3) is 0 Å². The van der Waals surface area contributed by atoms with Gasteiger partial charge < -0.3 is 4.43 Å². The van der Waals surface area contributed by atoms with Gasteiger partial charge in [0.1, 0.15) is 0 Å². The molecule has 0 bridgehead atoms. The molecule has 0 aliphatic rings. The van der Waals surface area contributed by atoms with Gasteiger partial charge in [-0.25, -0.2) is 0 Å². The van der Waals surface area contributed by atoms with Crippen LogP contribution in [0.3, 0.4) is 0 Å². The van der Waals surface area contributed by atoms with E-state index < -0.39 is 8.32 Å². The Bertz CT molecular complexity index is 249. The fraction of sp³-hybridized carbons (Fsp3) is 0.800. The quantitative estimate of drug-likeness (QED) is 0.326. The Morgan fingerprint density at radius 1 is 1.22 bits per heavy atom. The number of rotatable bonds is 10. The molecule has 1 unspecified atom stereocenters. The lowest BCUT2D eigenvalue weighted by Crippen LogP contribution is -2.39. The summed E-state index contributed by atoms with van der Waals surface area (Å²) in [7, 11) is -1.44. The maximum Gasteiger partial charge on any atom is 0.192 e. The summed E-state index contributed by atoms with van der Waals surface area (Å²) in [6.07, 6.45) is 7.17. The molecule has 106 valence electrons. The van der Waals surface area contributed by atoms with Gasteiger partial charge in [-0.15, -0.1) is 0 Å². The first-order valence-electron chi connectivity index (χ1n) is 7.34. The first kappa shape index (κ1) is 17.6. The summed E-state index contributed by atoms with van der Waals surface area (Å²) in [4.78, 5) is 10.7. The molecule has 2 nitrogen and oxygen atoms in total. The fourth-order valence-electron chi connectivity index (χ4n) is 2.26. The SMILES string of the molecule is CC[Si](CC)(CC)OC(C)CCC/C=C/C(C)=O. The zero-order valence-corrected chi connectivity index (χ0v) is 13.8. The maximum atomic E-state index is 10.7. The second kappa shape index (κ2) is 9.51. The molecule has 0 saturated carbocycles. The van der Waals surface area contributed by atoms with Crippen LogP contribution in [0.4, 0.5) is 0 Å². The van der Waals surface area contributed by atoms with Crippen molar-refractivity contribution in [3.63, 3.8) is 0 Å². The van der Waals surface area contributed by atoms with Gasteiger partial charge in [0.15, 0.2) is 14.1 Å². The number of hydrogen-bond donors (Lipinski definition) is 0. The van der Waals surface area contributed by atoms with Crippen LogP contribution >= 0.6 is 0 Å². The molecule has 0 aromatic carbocycles. The highest BCUT2D eigenvalue weighted by Crippen LogP contribution is 2.24. The van der Waals surface area contributed by atoms with Crippen LogP contribution in [0, 0.1) is 0 Å². The molecule has 0 aromatic heterocycles. The van der Waals surface area contributed by atoms with Crippen LogP contribution in [0.5, 0.6) is 0 Å². The Kier molecular flexibility index (Phi) is 9.29. The van der Waals surface area contributed by atoms with Crippen molar-refractivity contribution in [1.82, 2.24) is 0 Å². The van der Waals surface area contributed by atoms with E-state index >= 15 is 0 Å². The normalized spacial score (nSPS) is 14.1. The van der Waals surface area contributed by atoms with Crippen LogP contribution in [0.2, 0.25) is 18.1 Å². The molecule has 0 radical (unpaired) electrons. The van der Waals surface area contributed by atoms with Crippen molar-refractivity contribution in [2.45, 2.75) is 78.1 Å². The first-order valence-corrected chi connectivity index (χ1v) is 9.87. The van der Waals surface area contributed by atoms with E-state index in [2.05, 4.69) is 27.7 Å². The molecule has 0 saturated heterocycles. The van der Waals surface area contributed by atoms with Gasteiger partial charge >= 0.3 is 0 Å². The molecule has 0 spiro atoms. The smallest absolute Gasteiger partial charge is 0.192 e. The fourth-order valence-corrected chi connectivity index (χ4v) is 5.23. The minimum absolute atomic E-state index is 0.133. The van der Waals surface area contributed by atoms with E-state index in [4.69, 9.17) is 4.43 Å². The summed E-state index contributed by atoms with van der Waals surface area (Å²) in [5, 5.41) is 0. The third kappa shape index (κ3) is 7.12. The first-order chi connectivity index (χ1) is 8.49. The summed E-state index contributed by atoms with van der Waals surface area (Å²) < 4.78 is 6.36. The van der Waals surface area contributed by atoms with Crippen LogP contribution in [0.1, 0.15) is 53.9 Å². The Morgan fingerprint density at radius 2 is 1.78 bits per heavy atom. The predicted molar refractivity (Wildman–Crippen MR) is 81.4 cm³/mol. The number of hydrogen-bond acceptors (Lipinski definition) is 2. The summed E-state index contributed by atoms with van der Waals surface area (Å²) in [5.74, 6) is 0.133. The highest BCUT2D eigenvalue weighted by Gasteiger charge is 2.30. The largest absolute Gasteiger partial charge is 0.414 e. The maximum absolute atomic E-state index is 10.7. The summed E-state index contributed by atoms with van der Waals surface area (Å²) in [6, 6.07) is 3.65. The second-order valence-electron chi connectivity index (χ2n) is 5.12. The van der Waals surface area contributed by atoms with Gasteiger partial charge in [0, 0.05) is 6.10 Å². The molecule has 18 heavy (non-hydrogen) atoms. The minimum atomic E-state index is -1.44. The van der Waals surface area contributed by atoms with Crippen molar-refractivity contribution in [1.29, 1.82) is 0 Å². The summed E-state index contributed by atoms with van der Waals surface area (Å²) in [5.41, 5.74) is 0. The number of unbranched alkanes of at least 4 members (excludes halogenated alkanes) is 1. The van der Waals surface area contributed by atoms with E-state index in [9.17, 15) is 4.79 Å². The van der Waals surface area contributed by atoms with Crippen LogP contribution in [-0.4, -0.2) is 20.2 Å².